The fraction of sp³-hybridized carbons (Fsp3) is 0.167. The molecule has 0 aliphatic heterocycles. The fourth-order valence-electron chi connectivity index (χ4n) is 1.62. The van der Waals surface area contributed by atoms with E-state index in [1.54, 1.807) is 31.3 Å². The first-order valence-corrected chi connectivity index (χ1v) is 5.78. The number of carbonyl (C=O) groups excluding carboxylic acids is 1. The molecule has 0 bridgehead atoms. The van der Waals surface area contributed by atoms with Crippen LogP contribution < -0.4 is 10.6 Å². The molecule has 0 saturated carbocycles. The molecule has 104 valence electrons. The lowest BCUT2D eigenvalue weighted by molar-refractivity contribution is -0.136. The van der Waals surface area contributed by atoms with Crippen LogP contribution in [0.15, 0.2) is 30.6 Å². The Morgan fingerprint density at radius 3 is 2.70 bits per heavy atom. The maximum Gasteiger partial charge on any atom is 0.326 e. The number of nitrogens with zero attached hydrogens (tertiary/aromatic N) is 3. The Balaban J connectivity index is 2.08. The smallest absolute Gasteiger partial charge is 0.326 e. The van der Waals surface area contributed by atoms with Crippen LogP contribution in [0.25, 0.3) is 0 Å². The molecule has 2 amide bonds. The highest BCUT2D eigenvalue weighted by Gasteiger charge is 2.10. The van der Waals surface area contributed by atoms with Crippen molar-refractivity contribution in [3.8, 4) is 0 Å². The summed E-state index contributed by atoms with van der Waals surface area (Å²) < 4.78 is 1.41. The number of carboxylic acid groups (broad SMARTS) is 1. The minimum absolute atomic E-state index is 0.166. The van der Waals surface area contributed by atoms with Gasteiger partial charge >= 0.3 is 12.0 Å². The van der Waals surface area contributed by atoms with Crippen LogP contribution in [0, 0.1) is 0 Å². The molecule has 1 heterocycles. The van der Waals surface area contributed by atoms with Crippen molar-refractivity contribution in [1.29, 1.82) is 0 Å². The van der Waals surface area contributed by atoms with Gasteiger partial charge in [-0.1, -0.05) is 18.2 Å². The number of rotatable bonds is 4. The molecule has 0 radical (unpaired) electrons. The summed E-state index contributed by atoms with van der Waals surface area (Å²) in [5, 5.41) is 17.7. The Bertz CT molecular complexity index is 638. The Hall–Kier alpha value is -2.90. The van der Waals surface area contributed by atoms with Gasteiger partial charge in [0.05, 0.1) is 6.42 Å². The second kappa shape index (κ2) is 5.83. The molecule has 0 atom stereocenters. The Morgan fingerprint density at radius 2 is 2.05 bits per heavy atom. The number of amides is 2. The lowest BCUT2D eigenvalue weighted by Gasteiger charge is -2.10. The van der Waals surface area contributed by atoms with Crippen LogP contribution in [0.1, 0.15) is 5.56 Å². The van der Waals surface area contributed by atoms with Crippen molar-refractivity contribution < 1.29 is 14.7 Å². The number of aryl methyl sites for hydroxylation is 1. The molecule has 3 N–H and O–H groups in total. The SMILES string of the molecule is Cn1ncnc1NC(=O)Nc1ccccc1CC(=O)O. The van der Waals surface area contributed by atoms with Crippen LogP contribution in [0.5, 0.6) is 0 Å². The zero-order chi connectivity index (χ0) is 14.5. The summed E-state index contributed by atoms with van der Waals surface area (Å²) >= 11 is 0. The van der Waals surface area contributed by atoms with Gasteiger partial charge in [0.15, 0.2) is 0 Å². The van der Waals surface area contributed by atoms with E-state index in [1.165, 1.54) is 11.0 Å². The standard InChI is InChI=1S/C12H13N5O3/c1-17-11(13-7-14-17)16-12(20)15-9-5-3-2-4-8(9)6-10(18)19/h2-5,7H,6H2,1H3,(H,18,19)(H2,13,14,15,16,20). The van der Waals surface area contributed by atoms with Crippen molar-refractivity contribution in [1.82, 2.24) is 14.8 Å². The summed E-state index contributed by atoms with van der Waals surface area (Å²) in [6.45, 7) is 0. The molecule has 0 fully saturated rings. The van der Waals surface area contributed by atoms with Crippen LogP contribution in [-0.4, -0.2) is 31.9 Å². The first-order chi connectivity index (χ1) is 9.56. The minimum Gasteiger partial charge on any atom is -0.481 e. The maximum atomic E-state index is 11.8. The van der Waals surface area contributed by atoms with Crippen LogP contribution in [0.2, 0.25) is 0 Å². The molecule has 0 aliphatic carbocycles. The quantitative estimate of drug-likeness (QED) is 0.773. The van der Waals surface area contributed by atoms with Crippen molar-refractivity contribution in [2.24, 2.45) is 7.05 Å². The van der Waals surface area contributed by atoms with Crippen molar-refractivity contribution in [2.75, 3.05) is 10.6 Å². The number of carboxylic acids is 1. The predicted molar refractivity (Wildman–Crippen MR) is 71.4 cm³/mol. The molecular weight excluding hydrogens is 262 g/mol. The lowest BCUT2D eigenvalue weighted by atomic mass is 10.1. The molecule has 2 rings (SSSR count). The molecule has 1 aromatic heterocycles. The molecule has 0 unspecified atom stereocenters. The van der Waals surface area contributed by atoms with Gasteiger partial charge in [-0.05, 0) is 11.6 Å². The molecule has 8 heteroatoms. The first kappa shape index (κ1) is 13.5. The third-order valence-electron chi connectivity index (χ3n) is 2.54. The number of urea groups is 1. The summed E-state index contributed by atoms with van der Waals surface area (Å²) in [5.41, 5.74) is 0.961. The van der Waals surface area contributed by atoms with Gasteiger partial charge in [0, 0.05) is 12.7 Å². The number of aliphatic carboxylic acids is 1. The van der Waals surface area contributed by atoms with Gasteiger partial charge < -0.3 is 10.4 Å². The second-order valence-electron chi connectivity index (χ2n) is 4.01. The number of hydrogen-bond acceptors (Lipinski definition) is 4. The highest BCUT2D eigenvalue weighted by molar-refractivity contribution is 5.99. The van der Waals surface area contributed by atoms with Gasteiger partial charge in [0.1, 0.15) is 6.33 Å². The Labute approximate surface area is 114 Å². The molecule has 20 heavy (non-hydrogen) atoms. The topological polar surface area (TPSA) is 109 Å². The molecule has 1 aromatic carbocycles. The summed E-state index contributed by atoms with van der Waals surface area (Å²) in [6, 6.07) is 6.19. The van der Waals surface area contributed by atoms with Crippen molar-refractivity contribution in [3.63, 3.8) is 0 Å². The Morgan fingerprint density at radius 1 is 1.30 bits per heavy atom. The zero-order valence-corrected chi connectivity index (χ0v) is 10.7. The van der Waals surface area contributed by atoms with E-state index >= 15 is 0 Å². The van der Waals surface area contributed by atoms with Gasteiger partial charge in [-0.25, -0.2) is 9.48 Å². The van der Waals surface area contributed by atoms with E-state index < -0.39 is 12.0 Å². The molecular formula is C12H13N5O3. The van der Waals surface area contributed by atoms with E-state index in [0.29, 0.717) is 17.2 Å². The Kier molecular flexibility index (Phi) is 3.94. The van der Waals surface area contributed by atoms with Gasteiger partial charge in [0.25, 0.3) is 0 Å². The zero-order valence-electron chi connectivity index (χ0n) is 10.7. The second-order valence-corrected chi connectivity index (χ2v) is 4.01. The highest BCUT2D eigenvalue weighted by Crippen LogP contribution is 2.16. The lowest BCUT2D eigenvalue weighted by Crippen LogP contribution is -2.22. The molecule has 0 spiro atoms. The van der Waals surface area contributed by atoms with E-state index in [1.807, 2.05) is 0 Å². The third kappa shape index (κ3) is 3.31. The van der Waals surface area contributed by atoms with Gasteiger partial charge in [0.2, 0.25) is 5.95 Å². The van der Waals surface area contributed by atoms with Gasteiger partial charge in [-0.3, -0.25) is 10.1 Å². The van der Waals surface area contributed by atoms with Gasteiger partial charge in [-0.15, -0.1) is 0 Å². The molecule has 2 aromatic rings. The number of nitrogens with one attached hydrogen (secondary N) is 2. The fourth-order valence-corrected chi connectivity index (χ4v) is 1.62. The van der Waals surface area contributed by atoms with Crippen LogP contribution in [0.4, 0.5) is 16.4 Å². The minimum atomic E-state index is -0.965. The monoisotopic (exact) mass is 275 g/mol. The first-order valence-electron chi connectivity index (χ1n) is 5.78. The number of para-hydroxylation sites is 1. The number of anilines is 2. The number of aromatic nitrogens is 3. The van der Waals surface area contributed by atoms with E-state index in [9.17, 15) is 9.59 Å². The van der Waals surface area contributed by atoms with Crippen molar-refractivity contribution >= 4 is 23.6 Å². The van der Waals surface area contributed by atoms with Crippen molar-refractivity contribution in [3.05, 3.63) is 36.2 Å². The van der Waals surface area contributed by atoms with E-state index in [2.05, 4.69) is 20.7 Å². The number of hydrogen-bond donors (Lipinski definition) is 3. The van der Waals surface area contributed by atoms with Crippen LogP contribution in [0.3, 0.4) is 0 Å². The third-order valence-corrected chi connectivity index (χ3v) is 2.54. The normalized spacial score (nSPS) is 10.1. The van der Waals surface area contributed by atoms with E-state index in [-0.39, 0.29) is 6.42 Å². The average molecular weight is 275 g/mol. The summed E-state index contributed by atoms with van der Waals surface area (Å²) in [6.07, 6.45) is 1.15. The summed E-state index contributed by atoms with van der Waals surface area (Å²) in [7, 11) is 1.64. The number of carbonyl (C=O) groups is 2. The average Bonchev–Trinajstić information content (AvgIpc) is 2.77. The van der Waals surface area contributed by atoms with E-state index in [0.717, 1.165) is 0 Å². The molecule has 0 saturated heterocycles. The highest BCUT2D eigenvalue weighted by atomic mass is 16.4. The number of benzene rings is 1. The maximum absolute atomic E-state index is 11.8. The van der Waals surface area contributed by atoms with Crippen LogP contribution in [-0.2, 0) is 18.3 Å². The van der Waals surface area contributed by atoms with Crippen molar-refractivity contribution in [2.45, 2.75) is 6.42 Å². The largest absolute Gasteiger partial charge is 0.481 e. The van der Waals surface area contributed by atoms with Gasteiger partial charge in [-0.2, -0.15) is 10.1 Å². The van der Waals surface area contributed by atoms with E-state index in [4.69, 9.17) is 5.11 Å². The summed E-state index contributed by atoms with van der Waals surface area (Å²) in [5.74, 6) is -0.675. The van der Waals surface area contributed by atoms with Crippen LogP contribution >= 0.6 is 0 Å². The summed E-state index contributed by atoms with van der Waals surface area (Å²) in [4.78, 5) is 26.4. The predicted octanol–water partition coefficient (Wildman–Crippen LogP) is 1.09. The molecule has 8 nitrogen and oxygen atoms in total. The molecule has 0 aliphatic rings.